The van der Waals surface area contributed by atoms with Crippen molar-refractivity contribution in [1.29, 1.82) is 0 Å². The predicted molar refractivity (Wildman–Crippen MR) is 85.4 cm³/mol. The largest absolute Gasteiger partial charge is 0.370 e. The fourth-order valence-corrected chi connectivity index (χ4v) is 2.69. The molecule has 0 amide bonds. The van der Waals surface area contributed by atoms with Gasteiger partial charge in [-0.1, -0.05) is 27.7 Å². The highest BCUT2D eigenvalue weighted by atomic mass is 127. The van der Waals surface area contributed by atoms with Crippen molar-refractivity contribution in [2.45, 2.75) is 52.6 Å². The van der Waals surface area contributed by atoms with Crippen LogP contribution in [0.3, 0.4) is 0 Å². The Hall–Kier alpha value is -0.430. The summed E-state index contributed by atoms with van der Waals surface area (Å²) in [6, 6.07) is 0. The van der Waals surface area contributed by atoms with Crippen LogP contribution >= 0.6 is 22.6 Å². The first-order chi connectivity index (χ1) is 8.90. The number of rotatable bonds is 6. The first-order valence-electron chi connectivity index (χ1n) is 6.74. The Morgan fingerprint density at radius 2 is 1.95 bits per heavy atom. The van der Waals surface area contributed by atoms with E-state index in [-0.39, 0.29) is 5.56 Å². The van der Waals surface area contributed by atoms with E-state index in [1.54, 1.807) is 7.11 Å². The highest BCUT2D eigenvalue weighted by molar-refractivity contribution is 14.1. The van der Waals surface area contributed by atoms with Gasteiger partial charge in [0.15, 0.2) is 0 Å². The number of aromatic amines is 1. The number of methoxy groups -OCH3 is 1. The second-order valence-electron chi connectivity index (χ2n) is 5.18. The highest BCUT2D eigenvalue weighted by Crippen LogP contribution is 2.29. The lowest BCUT2D eigenvalue weighted by Gasteiger charge is -2.29. The van der Waals surface area contributed by atoms with E-state index in [4.69, 9.17) is 4.74 Å². The minimum absolute atomic E-state index is 0.0652. The summed E-state index contributed by atoms with van der Waals surface area (Å²) in [6.45, 7) is 8.35. The SMILES string of the molecule is CCC(CC)(OC)c1nc(CC(C)C)c(I)c(=O)[nH]1. The van der Waals surface area contributed by atoms with Crippen molar-refractivity contribution in [1.82, 2.24) is 9.97 Å². The molecule has 4 nitrogen and oxygen atoms in total. The third kappa shape index (κ3) is 3.56. The maximum atomic E-state index is 12.1. The van der Waals surface area contributed by atoms with Crippen molar-refractivity contribution in [3.05, 3.63) is 25.4 Å². The van der Waals surface area contributed by atoms with Gasteiger partial charge in [-0.15, -0.1) is 0 Å². The molecule has 5 heteroatoms. The van der Waals surface area contributed by atoms with Crippen LogP contribution in [0, 0.1) is 9.49 Å². The summed E-state index contributed by atoms with van der Waals surface area (Å²) in [6.07, 6.45) is 2.37. The second-order valence-corrected chi connectivity index (χ2v) is 6.26. The summed E-state index contributed by atoms with van der Waals surface area (Å²) < 4.78 is 6.33. The molecule has 1 N–H and O–H groups in total. The maximum absolute atomic E-state index is 12.1. The third-order valence-electron chi connectivity index (χ3n) is 3.50. The van der Waals surface area contributed by atoms with Crippen LogP contribution < -0.4 is 5.56 Å². The van der Waals surface area contributed by atoms with Crippen LogP contribution in [-0.4, -0.2) is 17.1 Å². The Balaban J connectivity index is 3.37. The average molecular weight is 378 g/mol. The van der Waals surface area contributed by atoms with Crippen LogP contribution in [0.25, 0.3) is 0 Å². The van der Waals surface area contributed by atoms with Gasteiger partial charge in [0.25, 0.3) is 5.56 Å². The smallest absolute Gasteiger partial charge is 0.264 e. The zero-order valence-corrected chi connectivity index (χ0v) is 14.5. The van der Waals surface area contributed by atoms with E-state index >= 15 is 0 Å². The van der Waals surface area contributed by atoms with E-state index in [9.17, 15) is 4.79 Å². The standard InChI is InChI=1S/C14H23IN2O2/c1-6-14(7-2,19-5)13-16-10(8-9(3)4)11(15)12(18)17-13/h9H,6-8H2,1-5H3,(H,16,17,18). The normalized spacial score (nSPS) is 12.2. The van der Waals surface area contributed by atoms with Gasteiger partial charge >= 0.3 is 0 Å². The molecule has 1 rings (SSSR count). The van der Waals surface area contributed by atoms with Gasteiger partial charge in [-0.2, -0.15) is 0 Å². The fourth-order valence-electron chi connectivity index (χ4n) is 2.21. The van der Waals surface area contributed by atoms with E-state index < -0.39 is 5.60 Å². The van der Waals surface area contributed by atoms with Crippen molar-refractivity contribution >= 4 is 22.6 Å². The number of nitrogens with one attached hydrogen (secondary N) is 1. The van der Waals surface area contributed by atoms with E-state index in [1.165, 1.54) is 0 Å². The lowest BCUT2D eigenvalue weighted by Crippen LogP contribution is -2.33. The molecule has 0 bridgehead atoms. The molecular formula is C14H23IN2O2. The number of aromatic nitrogens is 2. The number of ether oxygens (including phenoxy) is 1. The summed E-state index contributed by atoms with van der Waals surface area (Å²) in [7, 11) is 1.67. The summed E-state index contributed by atoms with van der Waals surface area (Å²) in [5.41, 5.74) is 0.317. The van der Waals surface area contributed by atoms with E-state index in [0.29, 0.717) is 15.3 Å². The molecule has 108 valence electrons. The third-order valence-corrected chi connectivity index (χ3v) is 4.61. The molecule has 0 atom stereocenters. The fraction of sp³-hybridized carbons (Fsp3) is 0.714. The molecule has 0 fully saturated rings. The topological polar surface area (TPSA) is 55.0 Å². The first kappa shape index (κ1) is 16.6. The van der Waals surface area contributed by atoms with E-state index in [1.807, 2.05) is 13.8 Å². The molecule has 0 aromatic carbocycles. The number of halogens is 1. The van der Waals surface area contributed by atoms with E-state index in [2.05, 4.69) is 46.4 Å². The summed E-state index contributed by atoms with van der Waals surface area (Å²) >= 11 is 2.07. The summed E-state index contributed by atoms with van der Waals surface area (Å²) in [5.74, 6) is 1.12. The Morgan fingerprint density at radius 1 is 1.37 bits per heavy atom. The van der Waals surface area contributed by atoms with Crippen LogP contribution in [0.1, 0.15) is 52.1 Å². The van der Waals surface area contributed by atoms with Gasteiger partial charge in [0.05, 0.1) is 9.26 Å². The Morgan fingerprint density at radius 3 is 2.37 bits per heavy atom. The van der Waals surface area contributed by atoms with Crippen molar-refractivity contribution in [3.63, 3.8) is 0 Å². The van der Waals surface area contributed by atoms with Gasteiger partial charge in [-0.3, -0.25) is 4.79 Å². The lowest BCUT2D eigenvalue weighted by molar-refractivity contribution is -0.0295. The van der Waals surface area contributed by atoms with Gasteiger partial charge in [0.2, 0.25) is 0 Å². The number of nitrogens with zero attached hydrogens (tertiary/aromatic N) is 1. The van der Waals surface area contributed by atoms with Crippen LogP contribution in [-0.2, 0) is 16.8 Å². The van der Waals surface area contributed by atoms with Gasteiger partial charge in [0, 0.05) is 7.11 Å². The van der Waals surface area contributed by atoms with Crippen molar-refractivity contribution in [2.75, 3.05) is 7.11 Å². The average Bonchev–Trinajstić information content (AvgIpc) is 2.37. The molecule has 0 aliphatic heterocycles. The molecule has 0 aliphatic carbocycles. The molecule has 0 spiro atoms. The molecule has 19 heavy (non-hydrogen) atoms. The van der Waals surface area contributed by atoms with Crippen LogP contribution in [0.2, 0.25) is 0 Å². The zero-order valence-electron chi connectivity index (χ0n) is 12.3. The lowest BCUT2D eigenvalue weighted by atomic mass is 9.95. The molecule has 1 heterocycles. The Kier molecular flexibility index (Phi) is 5.98. The van der Waals surface area contributed by atoms with Crippen molar-refractivity contribution in [2.24, 2.45) is 5.92 Å². The molecule has 0 saturated carbocycles. The van der Waals surface area contributed by atoms with Crippen molar-refractivity contribution in [3.8, 4) is 0 Å². The first-order valence-corrected chi connectivity index (χ1v) is 7.82. The van der Waals surface area contributed by atoms with Gasteiger partial charge < -0.3 is 9.72 Å². The minimum atomic E-state index is -0.491. The Bertz CT molecular complexity index is 471. The monoisotopic (exact) mass is 378 g/mol. The summed E-state index contributed by atoms with van der Waals surface area (Å²) in [4.78, 5) is 19.6. The molecule has 0 radical (unpaired) electrons. The molecule has 0 aliphatic rings. The van der Waals surface area contributed by atoms with Crippen LogP contribution in [0.15, 0.2) is 4.79 Å². The predicted octanol–water partition coefficient (Wildman–Crippen LogP) is 3.23. The van der Waals surface area contributed by atoms with Crippen LogP contribution in [0.4, 0.5) is 0 Å². The number of hydrogen-bond donors (Lipinski definition) is 1. The molecule has 0 saturated heterocycles. The van der Waals surface area contributed by atoms with Crippen molar-refractivity contribution < 1.29 is 4.74 Å². The minimum Gasteiger partial charge on any atom is -0.370 e. The number of H-pyrrole nitrogens is 1. The number of hydrogen-bond acceptors (Lipinski definition) is 3. The molecule has 1 aromatic heterocycles. The molecular weight excluding hydrogens is 355 g/mol. The van der Waals surface area contributed by atoms with Crippen LogP contribution in [0.5, 0.6) is 0 Å². The van der Waals surface area contributed by atoms with Gasteiger partial charge in [-0.05, 0) is 47.8 Å². The molecule has 1 aromatic rings. The molecule has 0 unspecified atom stereocenters. The van der Waals surface area contributed by atoms with Gasteiger partial charge in [0.1, 0.15) is 11.4 Å². The maximum Gasteiger partial charge on any atom is 0.264 e. The van der Waals surface area contributed by atoms with Gasteiger partial charge in [-0.25, -0.2) is 4.98 Å². The van der Waals surface area contributed by atoms with E-state index in [0.717, 1.165) is 25.0 Å². The highest BCUT2D eigenvalue weighted by Gasteiger charge is 2.31. The summed E-state index contributed by atoms with van der Waals surface area (Å²) in [5, 5.41) is 0. The quantitative estimate of drug-likeness (QED) is 0.774. The second kappa shape index (κ2) is 6.83. The Labute approximate surface area is 128 Å². The zero-order chi connectivity index (χ0) is 14.6.